The Morgan fingerprint density at radius 1 is 1.32 bits per heavy atom. The molecule has 0 unspecified atom stereocenters. The third kappa shape index (κ3) is 2.23. The van der Waals surface area contributed by atoms with Crippen molar-refractivity contribution in [3.63, 3.8) is 0 Å². The van der Waals surface area contributed by atoms with Gasteiger partial charge >= 0.3 is 0 Å². The minimum atomic E-state index is -1.19. The molecular weight excluding hydrogens is 314 g/mol. The second-order valence-electron chi connectivity index (χ2n) is 4.24. The molecule has 0 fully saturated rings. The fourth-order valence-electron chi connectivity index (χ4n) is 2.06. The maximum atomic E-state index is 14.3. The Kier molecular flexibility index (Phi) is 3.61. The van der Waals surface area contributed by atoms with Gasteiger partial charge in [-0.1, -0.05) is 11.6 Å². The van der Waals surface area contributed by atoms with Gasteiger partial charge in [-0.15, -0.1) is 0 Å². The van der Waals surface area contributed by atoms with Gasteiger partial charge in [0.05, 0.1) is 11.9 Å². The highest BCUT2D eigenvalue weighted by atomic mass is 35.5. The number of halogens is 3. The van der Waals surface area contributed by atoms with Crippen molar-refractivity contribution in [2.45, 2.75) is 0 Å². The molecule has 2 aromatic heterocycles. The van der Waals surface area contributed by atoms with E-state index in [1.165, 1.54) is 28.9 Å². The molecule has 0 aliphatic rings. The standard InChI is InChI=1S/C14H7ClF2N4O/c15-14-13(21-5-4-19-7-10(21)20-14)8-1-2-9(22-6-3-18)12(17)11(8)16/h1-2,4-5,7H,6H2. The highest BCUT2D eigenvalue weighted by Crippen LogP contribution is 2.34. The summed E-state index contributed by atoms with van der Waals surface area (Å²) >= 11 is 6.03. The van der Waals surface area contributed by atoms with Gasteiger partial charge in [0, 0.05) is 18.0 Å². The molecule has 110 valence electrons. The van der Waals surface area contributed by atoms with Crippen LogP contribution >= 0.6 is 11.6 Å². The van der Waals surface area contributed by atoms with Crippen molar-refractivity contribution in [3.8, 4) is 23.1 Å². The van der Waals surface area contributed by atoms with Gasteiger partial charge in [-0.05, 0) is 12.1 Å². The van der Waals surface area contributed by atoms with Crippen LogP contribution in [0.1, 0.15) is 0 Å². The number of hydrogen-bond acceptors (Lipinski definition) is 4. The lowest BCUT2D eigenvalue weighted by Gasteiger charge is -2.08. The largest absolute Gasteiger partial charge is 0.476 e. The van der Waals surface area contributed by atoms with Gasteiger partial charge in [0.2, 0.25) is 5.82 Å². The van der Waals surface area contributed by atoms with Crippen LogP contribution in [0.3, 0.4) is 0 Å². The third-order valence-electron chi connectivity index (χ3n) is 2.98. The molecule has 0 spiro atoms. The third-order valence-corrected chi connectivity index (χ3v) is 3.25. The van der Waals surface area contributed by atoms with Crippen molar-refractivity contribution in [1.82, 2.24) is 14.4 Å². The Morgan fingerprint density at radius 2 is 2.14 bits per heavy atom. The average Bonchev–Trinajstić information content (AvgIpc) is 2.85. The summed E-state index contributed by atoms with van der Waals surface area (Å²) in [5, 5.41) is 8.45. The predicted molar refractivity (Wildman–Crippen MR) is 74.5 cm³/mol. The predicted octanol–water partition coefficient (Wildman–Crippen LogP) is 3.23. The Bertz CT molecular complexity index is 904. The number of fused-ring (bicyclic) bond motifs is 1. The van der Waals surface area contributed by atoms with E-state index in [1.54, 1.807) is 12.3 Å². The van der Waals surface area contributed by atoms with E-state index in [0.29, 0.717) is 5.65 Å². The van der Waals surface area contributed by atoms with Crippen molar-refractivity contribution >= 4 is 17.2 Å². The van der Waals surface area contributed by atoms with E-state index in [1.807, 2.05) is 0 Å². The van der Waals surface area contributed by atoms with Crippen molar-refractivity contribution in [2.75, 3.05) is 6.61 Å². The molecule has 22 heavy (non-hydrogen) atoms. The average molecular weight is 321 g/mol. The lowest BCUT2D eigenvalue weighted by Crippen LogP contribution is -2.00. The topological polar surface area (TPSA) is 63.2 Å². The van der Waals surface area contributed by atoms with Crippen molar-refractivity contribution in [2.24, 2.45) is 0 Å². The van der Waals surface area contributed by atoms with Gasteiger partial charge in [-0.2, -0.15) is 9.65 Å². The highest BCUT2D eigenvalue weighted by molar-refractivity contribution is 6.32. The highest BCUT2D eigenvalue weighted by Gasteiger charge is 2.21. The van der Waals surface area contributed by atoms with Crippen LogP contribution in [-0.4, -0.2) is 21.0 Å². The van der Waals surface area contributed by atoms with Crippen LogP contribution in [0.2, 0.25) is 5.15 Å². The van der Waals surface area contributed by atoms with Crippen LogP contribution < -0.4 is 4.74 Å². The molecule has 0 aliphatic carbocycles. The van der Waals surface area contributed by atoms with Crippen LogP contribution in [0.25, 0.3) is 16.9 Å². The Morgan fingerprint density at radius 3 is 2.91 bits per heavy atom. The number of rotatable bonds is 3. The number of benzene rings is 1. The smallest absolute Gasteiger partial charge is 0.201 e. The summed E-state index contributed by atoms with van der Waals surface area (Å²) < 4.78 is 34.6. The van der Waals surface area contributed by atoms with E-state index in [9.17, 15) is 8.78 Å². The van der Waals surface area contributed by atoms with E-state index < -0.39 is 11.6 Å². The van der Waals surface area contributed by atoms with E-state index in [-0.39, 0.29) is 28.8 Å². The number of nitrogens with zero attached hydrogens (tertiary/aromatic N) is 4. The molecule has 2 heterocycles. The maximum absolute atomic E-state index is 14.3. The van der Waals surface area contributed by atoms with Gasteiger partial charge in [-0.3, -0.25) is 9.38 Å². The zero-order valence-corrected chi connectivity index (χ0v) is 11.7. The molecule has 0 atom stereocenters. The van der Waals surface area contributed by atoms with Gasteiger partial charge < -0.3 is 4.74 Å². The molecule has 3 aromatic rings. The Balaban J connectivity index is 2.18. The van der Waals surface area contributed by atoms with Gasteiger partial charge in [0.1, 0.15) is 6.07 Å². The first-order valence-electron chi connectivity index (χ1n) is 6.09. The molecule has 5 nitrogen and oxygen atoms in total. The van der Waals surface area contributed by atoms with Crippen molar-refractivity contribution in [1.29, 1.82) is 5.26 Å². The Labute approximate surface area is 128 Å². The lowest BCUT2D eigenvalue weighted by molar-refractivity contribution is 0.337. The van der Waals surface area contributed by atoms with Crippen molar-refractivity contribution < 1.29 is 13.5 Å². The van der Waals surface area contributed by atoms with Gasteiger partial charge in [-0.25, -0.2) is 9.37 Å². The number of imidazole rings is 1. The normalized spacial score (nSPS) is 10.6. The van der Waals surface area contributed by atoms with Crippen LogP contribution in [0.5, 0.6) is 5.75 Å². The van der Waals surface area contributed by atoms with Crippen LogP contribution in [-0.2, 0) is 0 Å². The SMILES string of the molecule is N#CCOc1ccc(-c2c(Cl)nc3cnccn23)c(F)c1F. The fraction of sp³-hybridized carbons (Fsp3) is 0.0714. The van der Waals surface area contributed by atoms with Gasteiger partial charge in [0.25, 0.3) is 0 Å². The first-order valence-corrected chi connectivity index (χ1v) is 6.47. The Hall–Kier alpha value is -2.72. The molecule has 0 N–H and O–H groups in total. The second-order valence-corrected chi connectivity index (χ2v) is 4.60. The van der Waals surface area contributed by atoms with Crippen molar-refractivity contribution in [3.05, 3.63) is 47.5 Å². The van der Waals surface area contributed by atoms with E-state index in [4.69, 9.17) is 21.6 Å². The summed E-state index contributed by atoms with van der Waals surface area (Å²) in [5.74, 6) is -2.65. The first kappa shape index (κ1) is 14.2. The summed E-state index contributed by atoms with van der Waals surface area (Å²) in [7, 11) is 0. The molecule has 0 radical (unpaired) electrons. The summed E-state index contributed by atoms with van der Waals surface area (Å²) in [6, 6.07) is 4.24. The second kappa shape index (κ2) is 5.58. The fourth-order valence-corrected chi connectivity index (χ4v) is 2.33. The number of aromatic nitrogens is 3. The molecule has 0 saturated carbocycles. The van der Waals surface area contributed by atoms with Crippen LogP contribution in [0, 0.1) is 23.0 Å². The number of nitriles is 1. The summed E-state index contributed by atoms with van der Waals surface area (Å²) in [4.78, 5) is 7.92. The van der Waals surface area contributed by atoms with E-state index in [2.05, 4.69) is 9.97 Å². The van der Waals surface area contributed by atoms with Crippen LogP contribution in [0.15, 0.2) is 30.7 Å². The van der Waals surface area contributed by atoms with E-state index >= 15 is 0 Å². The monoisotopic (exact) mass is 320 g/mol. The molecule has 0 aliphatic heterocycles. The summed E-state index contributed by atoms with van der Waals surface area (Å²) in [6.45, 7) is -0.377. The number of ether oxygens (including phenoxy) is 1. The lowest BCUT2D eigenvalue weighted by atomic mass is 10.1. The quantitative estimate of drug-likeness (QED) is 0.743. The molecular formula is C14H7ClF2N4O. The minimum absolute atomic E-state index is 0.0250. The molecule has 8 heteroatoms. The van der Waals surface area contributed by atoms with E-state index in [0.717, 1.165) is 0 Å². The maximum Gasteiger partial charge on any atom is 0.201 e. The molecule has 1 aromatic carbocycles. The molecule has 0 saturated heterocycles. The molecule has 0 amide bonds. The zero-order chi connectivity index (χ0) is 15.7. The first-order chi connectivity index (χ1) is 10.6. The number of hydrogen-bond donors (Lipinski definition) is 0. The molecule has 0 bridgehead atoms. The summed E-state index contributed by atoms with van der Waals surface area (Å²) in [6.07, 6.45) is 4.47. The van der Waals surface area contributed by atoms with Crippen LogP contribution in [0.4, 0.5) is 8.78 Å². The minimum Gasteiger partial charge on any atom is -0.476 e. The molecule has 3 rings (SSSR count). The van der Waals surface area contributed by atoms with Gasteiger partial charge in [0.15, 0.2) is 29.0 Å². The zero-order valence-electron chi connectivity index (χ0n) is 10.9. The summed E-state index contributed by atoms with van der Waals surface area (Å²) in [5.41, 5.74) is 0.555.